The third-order valence-electron chi connectivity index (χ3n) is 4.94. The van der Waals surface area contributed by atoms with E-state index >= 15 is 0 Å². The number of thiazole rings is 1. The molecule has 3 N–H and O–H groups in total. The van der Waals surface area contributed by atoms with Gasteiger partial charge in [0.05, 0.1) is 21.5 Å². The maximum absolute atomic E-state index is 14.3. The Morgan fingerprint density at radius 1 is 1.03 bits per heavy atom. The van der Waals surface area contributed by atoms with E-state index in [0.717, 1.165) is 16.0 Å². The van der Waals surface area contributed by atoms with Gasteiger partial charge < -0.3 is 15.3 Å². The van der Waals surface area contributed by atoms with Gasteiger partial charge >= 0.3 is 12.2 Å². The summed E-state index contributed by atoms with van der Waals surface area (Å²) in [5, 5.41) is 14.6. The maximum Gasteiger partial charge on any atom is 0.428 e. The van der Waals surface area contributed by atoms with Crippen molar-refractivity contribution in [3.05, 3.63) is 64.8 Å². The Kier molecular flexibility index (Phi) is 4.11. The van der Waals surface area contributed by atoms with Crippen LogP contribution in [0, 0.1) is 6.92 Å². The van der Waals surface area contributed by atoms with Crippen LogP contribution < -0.4 is 5.73 Å². The van der Waals surface area contributed by atoms with Crippen LogP contribution in [-0.4, -0.2) is 31.0 Å². The molecular formula is C20H14F3N5O2S. The summed E-state index contributed by atoms with van der Waals surface area (Å²) in [6.07, 6.45) is -5.12. The minimum atomic E-state index is -5.12. The SMILES string of the molecule is Cc1nn(-c2nc3ccccc3o2)c(N)c1[C@](O)(c1nc2ccccc2s1)C(F)(F)F. The van der Waals surface area contributed by atoms with Gasteiger partial charge in [-0.15, -0.1) is 11.3 Å². The molecule has 0 amide bonds. The topological polar surface area (TPSA) is 103 Å². The molecule has 11 heteroatoms. The van der Waals surface area contributed by atoms with E-state index in [4.69, 9.17) is 10.2 Å². The zero-order valence-electron chi connectivity index (χ0n) is 15.9. The predicted molar refractivity (Wildman–Crippen MR) is 109 cm³/mol. The number of alkyl halides is 3. The van der Waals surface area contributed by atoms with Gasteiger partial charge in [0, 0.05) is 0 Å². The Hall–Kier alpha value is -3.44. The second-order valence-electron chi connectivity index (χ2n) is 6.92. The number of aliphatic hydroxyl groups is 1. The predicted octanol–water partition coefficient (Wildman–Crippen LogP) is 4.31. The minimum Gasteiger partial charge on any atom is -0.422 e. The molecule has 0 bridgehead atoms. The van der Waals surface area contributed by atoms with Crippen LogP contribution in [0.5, 0.6) is 0 Å². The number of rotatable bonds is 3. The van der Waals surface area contributed by atoms with E-state index in [2.05, 4.69) is 15.1 Å². The summed E-state index contributed by atoms with van der Waals surface area (Å²) < 4.78 is 50.0. The van der Waals surface area contributed by atoms with E-state index in [0.29, 0.717) is 21.3 Å². The Bertz CT molecular complexity index is 1370. The Balaban J connectivity index is 1.74. The lowest BCUT2D eigenvalue weighted by molar-refractivity contribution is -0.248. The molecule has 5 aromatic rings. The molecule has 0 radical (unpaired) electrons. The largest absolute Gasteiger partial charge is 0.428 e. The fourth-order valence-corrected chi connectivity index (χ4v) is 4.57. The summed E-state index contributed by atoms with van der Waals surface area (Å²) in [5.41, 5.74) is 3.14. The van der Waals surface area contributed by atoms with Gasteiger partial charge in [-0.1, -0.05) is 24.3 Å². The number of aryl methyl sites for hydroxylation is 1. The third-order valence-corrected chi connectivity index (χ3v) is 6.08. The molecule has 1 atom stereocenters. The molecule has 0 spiro atoms. The lowest BCUT2D eigenvalue weighted by Gasteiger charge is -2.28. The van der Waals surface area contributed by atoms with E-state index in [1.807, 2.05) is 0 Å². The number of benzene rings is 2. The number of nitrogens with zero attached hydrogens (tertiary/aromatic N) is 4. The molecule has 7 nitrogen and oxygen atoms in total. The number of para-hydroxylation sites is 3. The van der Waals surface area contributed by atoms with Gasteiger partial charge in [0.2, 0.25) is 5.60 Å². The molecule has 5 rings (SSSR count). The Morgan fingerprint density at radius 2 is 1.71 bits per heavy atom. The number of anilines is 1. The van der Waals surface area contributed by atoms with Crippen LogP contribution in [0.2, 0.25) is 0 Å². The normalized spacial score (nSPS) is 14.4. The molecule has 0 aliphatic rings. The smallest absolute Gasteiger partial charge is 0.422 e. The van der Waals surface area contributed by atoms with E-state index in [9.17, 15) is 18.3 Å². The zero-order chi connectivity index (χ0) is 22.0. The molecule has 0 saturated carbocycles. The zero-order valence-corrected chi connectivity index (χ0v) is 16.7. The van der Waals surface area contributed by atoms with Gasteiger partial charge in [0.1, 0.15) is 16.3 Å². The lowest BCUT2D eigenvalue weighted by Crippen LogP contribution is -2.44. The standard InChI is InChI=1S/C20H14F3N5O2S/c1-10-15(16(24)28(27-10)18-26-11-6-2-4-8-13(11)30-18)19(29,20(21,22)23)17-25-12-7-3-5-9-14(12)31-17/h2-9,29H,24H2,1H3/t19-/m0/s1. The average molecular weight is 445 g/mol. The number of aromatic nitrogens is 4. The highest BCUT2D eigenvalue weighted by atomic mass is 32.1. The molecule has 31 heavy (non-hydrogen) atoms. The van der Waals surface area contributed by atoms with Crippen molar-refractivity contribution in [1.82, 2.24) is 19.7 Å². The summed E-state index contributed by atoms with van der Waals surface area (Å²) in [6, 6.07) is 13.3. The summed E-state index contributed by atoms with van der Waals surface area (Å²) >= 11 is 0.739. The van der Waals surface area contributed by atoms with Gasteiger partial charge in [0.25, 0.3) is 0 Å². The minimum absolute atomic E-state index is 0.109. The van der Waals surface area contributed by atoms with Crippen molar-refractivity contribution < 1.29 is 22.7 Å². The van der Waals surface area contributed by atoms with Crippen LogP contribution in [0.4, 0.5) is 19.0 Å². The van der Waals surface area contributed by atoms with Crippen LogP contribution in [0.25, 0.3) is 27.3 Å². The van der Waals surface area contributed by atoms with Crippen molar-refractivity contribution in [2.45, 2.75) is 18.7 Å². The van der Waals surface area contributed by atoms with Crippen LogP contribution in [0.1, 0.15) is 16.3 Å². The first kappa shape index (κ1) is 19.5. The highest BCUT2D eigenvalue weighted by Crippen LogP contribution is 2.49. The van der Waals surface area contributed by atoms with Crippen LogP contribution in [0.15, 0.2) is 52.9 Å². The summed E-state index contributed by atoms with van der Waals surface area (Å²) in [5.74, 6) is -0.442. The third kappa shape index (κ3) is 2.81. The van der Waals surface area contributed by atoms with Gasteiger partial charge in [-0.05, 0) is 31.2 Å². The van der Waals surface area contributed by atoms with Crippen molar-refractivity contribution in [2.24, 2.45) is 0 Å². The van der Waals surface area contributed by atoms with Crippen LogP contribution >= 0.6 is 11.3 Å². The van der Waals surface area contributed by atoms with E-state index in [-0.39, 0.29) is 11.7 Å². The molecule has 0 unspecified atom stereocenters. The quantitative estimate of drug-likeness (QED) is 0.429. The second kappa shape index (κ2) is 6.53. The molecule has 158 valence electrons. The summed E-state index contributed by atoms with van der Waals surface area (Å²) in [6.45, 7) is 1.33. The number of hydrogen-bond donors (Lipinski definition) is 2. The first-order valence-corrected chi connectivity index (χ1v) is 9.88. The fourth-order valence-electron chi connectivity index (χ4n) is 3.49. The van der Waals surface area contributed by atoms with Crippen molar-refractivity contribution in [2.75, 3.05) is 5.73 Å². The summed E-state index contributed by atoms with van der Waals surface area (Å²) in [4.78, 5) is 8.27. The van der Waals surface area contributed by atoms with Crippen molar-refractivity contribution in [1.29, 1.82) is 0 Å². The molecule has 2 aromatic carbocycles. The highest BCUT2D eigenvalue weighted by molar-refractivity contribution is 7.18. The molecule has 0 aliphatic carbocycles. The second-order valence-corrected chi connectivity index (χ2v) is 7.95. The molecule has 3 aromatic heterocycles. The maximum atomic E-state index is 14.3. The Labute approximate surface area is 176 Å². The number of halogens is 3. The molecule has 3 heterocycles. The molecule has 0 aliphatic heterocycles. The van der Waals surface area contributed by atoms with E-state index in [1.165, 1.54) is 6.92 Å². The van der Waals surface area contributed by atoms with Crippen LogP contribution in [0.3, 0.4) is 0 Å². The monoisotopic (exact) mass is 445 g/mol. The number of nitrogen functional groups attached to an aromatic ring is 1. The van der Waals surface area contributed by atoms with Crippen molar-refractivity contribution >= 4 is 38.5 Å². The number of oxazole rings is 1. The van der Waals surface area contributed by atoms with E-state index in [1.54, 1.807) is 48.5 Å². The lowest BCUT2D eigenvalue weighted by atomic mass is 9.93. The fraction of sp³-hybridized carbons (Fsp3) is 0.150. The molecular weight excluding hydrogens is 431 g/mol. The molecule has 0 saturated heterocycles. The van der Waals surface area contributed by atoms with Crippen LogP contribution in [-0.2, 0) is 5.60 Å². The van der Waals surface area contributed by atoms with Crippen molar-refractivity contribution in [3.8, 4) is 6.01 Å². The first-order chi connectivity index (χ1) is 14.7. The van der Waals surface area contributed by atoms with Gasteiger partial charge in [0.15, 0.2) is 5.58 Å². The number of fused-ring (bicyclic) bond motifs is 2. The number of nitrogens with two attached hydrogens (primary N) is 1. The first-order valence-electron chi connectivity index (χ1n) is 9.07. The highest BCUT2D eigenvalue weighted by Gasteiger charge is 2.61. The van der Waals surface area contributed by atoms with Crippen molar-refractivity contribution in [3.63, 3.8) is 0 Å². The van der Waals surface area contributed by atoms with E-state index < -0.39 is 28.2 Å². The van der Waals surface area contributed by atoms with Gasteiger partial charge in [-0.2, -0.15) is 27.9 Å². The Morgan fingerprint density at radius 3 is 2.39 bits per heavy atom. The number of hydrogen-bond acceptors (Lipinski definition) is 7. The molecule has 0 fully saturated rings. The van der Waals surface area contributed by atoms with Gasteiger partial charge in [-0.25, -0.2) is 4.98 Å². The average Bonchev–Trinajstić information content (AvgIpc) is 3.41. The summed E-state index contributed by atoms with van der Waals surface area (Å²) in [7, 11) is 0. The van der Waals surface area contributed by atoms with Gasteiger partial charge in [-0.3, -0.25) is 0 Å².